The molecule has 2 aliphatic heterocycles. The van der Waals surface area contributed by atoms with Gasteiger partial charge in [-0.1, -0.05) is 0 Å². The van der Waals surface area contributed by atoms with E-state index in [1.54, 1.807) is 37.6 Å². The Morgan fingerprint density at radius 3 is 3.12 bits per heavy atom. The standard InChI is InChI=1S/C23H23N5O5/c1-32-18-7-6-15-20(29)19(10-17-14-5-2-8-24-22(14)27-26-17)33-21(15)16(18)12-28-9-3-4-13(11-28)25-23(30)31/h2,5-8,10,13,25H,3-4,9,11-12H2,1H3,(H,30,31)(H,24,26,27). The Morgan fingerprint density at radius 2 is 2.30 bits per heavy atom. The molecule has 0 radical (unpaired) electrons. The number of likely N-dealkylation sites (tertiary alicyclic amines) is 1. The van der Waals surface area contributed by atoms with Crippen LogP contribution in [0, 0.1) is 0 Å². The number of nitrogens with one attached hydrogen (secondary N) is 2. The molecule has 1 fully saturated rings. The molecule has 2 aliphatic rings. The van der Waals surface area contributed by atoms with Gasteiger partial charge < -0.3 is 19.9 Å². The van der Waals surface area contributed by atoms with Crippen molar-refractivity contribution in [1.82, 2.24) is 25.4 Å². The van der Waals surface area contributed by atoms with Crippen molar-refractivity contribution in [2.75, 3.05) is 20.2 Å². The predicted molar refractivity (Wildman–Crippen MR) is 119 cm³/mol. The monoisotopic (exact) mass is 449 g/mol. The smallest absolute Gasteiger partial charge is 0.404 e. The lowest BCUT2D eigenvalue weighted by Crippen LogP contribution is -2.47. The second-order valence-corrected chi connectivity index (χ2v) is 8.10. The Hall–Kier alpha value is -3.92. The zero-order valence-electron chi connectivity index (χ0n) is 18.0. The molecule has 4 heterocycles. The highest BCUT2D eigenvalue weighted by Crippen LogP contribution is 2.41. The number of aromatic nitrogens is 3. The lowest BCUT2D eigenvalue weighted by molar-refractivity contribution is 0.101. The molecule has 10 heteroatoms. The van der Waals surface area contributed by atoms with Crippen LogP contribution in [-0.2, 0) is 6.54 Å². The Morgan fingerprint density at radius 1 is 1.42 bits per heavy atom. The highest BCUT2D eigenvalue weighted by Gasteiger charge is 2.33. The summed E-state index contributed by atoms with van der Waals surface area (Å²) >= 11 is 0. The van der Waals surface area contributed by atoms with Gasteiger partial charge in [-0.25, -0.2) is 9.78 Å². The first-order valence-corrected chi connectivity index (χ1v) is 10.7. The van der Waals surface area contributed by atoms with E-state index in [-0.39, 0.29) is 17.6 Å². The number of ether oxygens (including phenoxy) is 2. The third-order valence-electron chi connectivity index (χ3n) is 5.97. The maximum absolute atomic E-state index is 13.1. The van der Waals surface area contributed by atoms with E-state index in [4.69, 9.17) is 14.6 Å². The van der Waals surface area contributed by atoms with Crippen LogP contribution < -0.4 is 14.8 Å². The lowest BCUT2D eigenvalue weighted by Gasteiger charge is -2.33. The Labute approximate surface area is 189 Å². The molecule has 5 rings (SSSR count). The summed E-state index contributed by atoms with van der Waals surface area (Å²) in [6.45, 7) is 1.86. The highest BCUT2D eigenvalue weighted by atomic mass is 16.5. The van der Waals surface area contributed by atoms with Crippen molar-refractivity contribution in [2.24, 2.45) is 0 Å². The number of hydrogen-bond acceptors (Lipinski definition) is 7. The van der Waals surface area contributed by atoms with Crippen molar-refractivity contribution in [3.63, 3.8) is 0 Å². The second-order valence-electron chi connectivity index (χ2n) is 8.10. The van der Waals surface area contributed by atoms with Gasteiger partial charge in [0.1, 0.15) is 11.5 Å². The van der Waals surface area contributed by atoms with Crippen LogP contribution in [-0.4, -0.2) is 63.3 Å². The molecule has 1 saturated heterocycles. The molecule has 3 N–H and O–H groups in total. The zero-order chi connectivity index (χ0) is 22.9. The molecule has 2 aromatic heterocycles. The fourth-order valence-corrected chi connectivity index (χ4v) is 4.45. The summed E-state index contributed by atoms with van der Waals surface area (Å²) in [7, 11) is 1.58. The first-order chi connectivity index (χ1) is 16.0. The molecule has 1 unspecified atom stereocenters. The van der Waals surface area contributed by atoms with Gasteiger partial charge in [0.25, 0.3) is 0 Å². The average Bonchev–Trinajstić information content (AvgIpc) is 3.35. The molecule has 170 valence electrons. The number of carbonyl (C=O) groups excluding carboxylic acids is 1. The molecule has 0 spiro atoms. The van der Waals surface area contributed by atoms with E-state index in [1.807, 2.05) is 6.07 Å². The number of ketones is 1. The van der Waals surface area contributed by atoms with Crippen molar-refractivity contribution in [3.05, 3.63) is 53.0 Å². The number of hydrogen-bond donors (Lipinski definition) is 3. The minimum absolute atomic E-state index is 0.140. The molecule has 0 aliphatic carbocycles. The van der Waals surface area contributed by atoms with Crippen LogP contribution >= 0.6 is 0 Å². The topological polar surface area (TPSA) is 130 Å². The number of benzene rings is 1. The number of methoxy groups -OCH3 is 1. The van der Waals surface area contributed by atoms with Crippen LogP contribution in [0.3, 0.4) is 0 Å². The quantitative estimate of drug-likeness (QED) is 0.507. The molecule has 1 amide bonds. The van der Waals surface area contributed by atoms with Crippen LogP contribution in [0.4, 0.5) is 4.79 Å². The van der Waals surface area contributed by atoms with Gasteiger partial charge in [0.05, 0.1) is 23.9 Å². The van der Waals surface area contributed by atoms with Crippen LogP contribution in [0.1, 0.15) is 34.5 Å². The number of nitrogens with zero attached hydrogens (tertiary/aromatic N) is 3. The number of allylic oxidation sites excluding steroid dienone is 1. The first-order valence-electron chi connectivity index (χ1n) is 10.7. The molecule has 10 nitrogen and oxygen atoms in total. The maximum atomic E-state index is 13.1. The number of fused-ring (bicyclic) bond motifs is 2. The Bertz CT molecular complexity index is 1270. The SMILES string of the molecule is COc1ccc2c(c1CN1CCCC(NC(=O)O)C1)OC(=Cc1n[nH]c3ncccc13)C2=O. The highest BCUT2D eigenvalue weighted by molar-refractivity contribution is 6.15. The van der Waals surface area contributed by atoms with E-state index >= 15 is 0 Å². The van der Waals surface area contributed by atoms with Crippen LogP contribution in [0.2, 0.25) is 0 Å². The fourth-order valence-electron chi connectivity index (χ4n) is 4.45. The third kappa shape index (κ3) is 4.00. The Kier molecular flexibility index (Phi) is 5.43. The van der Waals surface area contributed by atoms with Gasteiger partial charge >= 0.3 is 6.09 Å². The minimum atomic E-state index is -1.02. The van der Waals surface area contributed by atoms with Gasteiger partial charge in [-0.2, -0.15) is 5.10 Å². The van der Waals surface area contributed by atoms with E-state index < -0.39 is 6.09 Å². The number of aromatic amines is 1. The fraction of sp³-hybridized carbons (Fsp3) is 0.304. The normalized spacial score (nSPS) is 19.5. The number of rotatable bonds is 5. The zero-order valence-corrected chi connectivity index (χ0v) is 18.0. The van der Waals surface area contributed by atoms with E-state index in [9.17, 15) is 9.59 Å². The van der Waals surface area contributed by atoms with E-state index in [1.165, 1.54) is 0 Å². The summed E-state index contributed by atoms with van der Waals surface area (Å²) in [5.74, 6) is 1.04. The molecule has 3 aromatic rings. The van der Waals surface area contributed by atoms with Crippen molar-refractivity contribution < 1.29 is 24.2 Å². The first kappa shape index (κ1) is 21.0. The molecule has 0 bridgehead atoms. The van der Waals surface area contributed by atoms with Gasteiger partial charge in [-0.3, -0.25) is 14.8 Å². The predicted octanol–water partition coefficient (Wildman–Crippen LogP) is 2.81. The van der Waals surface area contributed by atoms with Gasteiger partial charge in [0.2, 0.25) is 5.78 Å². The summed E-state index contributed by atoms with van der Waals surface area (Å²) in [6.07, 6.45) is 3.92. The minimum Gasteiger partial charge on any atom is -0.496 e. The average molecular weight is 449 g/mol. The summed E-state index contributed by atoms with van der Waals surface area (Å²) < 4.78 is 11.6. The molecular formula is C23H23N5O5. The number of piperidine rings is 1. The largest absolute Gasteiger partial charge is 0.496 e. The van der Waals surface area contributed by atoms with Gasteiger partial charge in [-0.05, 0) is 43.7 Å². The van der Waals surface area contributed by atoms with Crippen LogP contribution in [0.15, 0.2) is 36.2 Å². The maximum Gasteiger partial charge on any atom is 0.404 e. The summed E-state index contributed by atoms with van der Waals surface area (Å²) in [5, 5.41) is 19.5. The van der Waals surface area contributed by atoms with E-state index in [0.29, 0.717) is 41.5 Å². The number of carboxylic acid groups (broad SMARTS) is 1. The number of pyridine rings is 1. The number of H-pyrrole nitrogens is 1. The van der Waals surface area contributed by atoms with Crippen molar-refractivity contribution in [2.45, 2.75) is 25.4 Å². The van der Waals surface area contributed by atoms with Crippen molar-refractivity contribution >= 4 is 29.0 Å². The summed E-state index contributed by atoms with van der Waals surface area (Å²) in [4.78, 5) is 30.5. The molecule has 0 saturated carbocycles. The van der Waals surface area contributed by atoms with Gasteiger partial charge in [0, 0.05) is 36.8 Å². The van der Waals surface area contributed by atoms with Crippen LogP contribution in [0.25, 0.3) is 17.1 Å². The second kappa shape index (κ2) is 8.55. The van der Waals surface area contributed by atoms with Crippen molar-refractivity contribution in [1.29, 1.82) is 0 Å². The lowest BCUT2D eigenvalue weighted by atomic mass is 10.0. The van der Waals surface area contributed by atoms with Gasteiger partial charge in [-0.15, -0.1) is 0 Å². The molecular weight excluding hydrogens is 426 g/mol. The molecule has 1 atom stereocenters. The number of carbonyl (C=O) groups is 2. The number of amides is 1. The molecule has 1 aromatic carbocycles. The molecule has 33 heavy (non-hydrogen) atoms. The van der Waals surface area contributed by atoms with E-state index in [0.717, 1.165) is 30.3 Å². The van der Waals surface area contributed by atoms with Crippen molar-refractivity contribution in [3.8, 4) is 11.5 Å². The Balaban J connectivity index is 1.45. The number of Topliss-reactive ketones (excluding diaryl/α,β-unsaturated/α-hetero) is 1. The van der Waals surface area contributed by atoms with Gasteiger partial charge in [0.15, 0.2) is 11.4 Å². The van der Waals surface area contributed by atoms with E-state index in [2.05, 4.69) is 25.4 Å². The summed E-state index contributed by atoms with van der Waals surface area (Å²) in [6, 6.07) is 7.01. The van der Waals surface area contributed by atoms with Crippen LogP contribution in [0.5, 0.6) is 11.5 Å². The third-order valence-corrected chi connectivity index (χ3v) is 5.97. The summed E-state index contributed by atoms with van der Waals surface area (Å²) in [5.41, 5.74) is 2.43.